The van der Waals surface area contributed by atoms with Crippen LogP contribution in [0, 0.1) is 17.3 Å². The molecule has 9 nitrogen and oxygen atoms in total. The Morgan fingerprint density at radius 1 is 1.10 bits per heavy atom. The van der Waals surface area contributed by atoms with Crippen LogP contribution in [0.3, 0.4) is 0 Å². The number of epoxide rings is 2. The van der Waals surface area contributed by atoms with Crippen molar-refractivity contribution in [3.8, 4) is 0 Å². The van der Waals surface area contributed by atoms with Crippen molar-refractivity contribution in [3.63, 3.8) is 0 Å². The third-order valence-electron chi connectivity index (χ3n) is 11.0. The molecule has 0 unspecified atom stereocenters. The fourth-order valence-electron chi connectivity index (χ4n) is 8.73. The summed E-state index contributed by atoms with van der Waals surface area (Å²) in [5, 5.41) is 24.4. The van der Waals surface area contributed by atoms with Crippen molar-refractivity contribution in [2.45, 2.75) is 81.6 Å². The lowest BCUT2D eigenvalue weighted by Crippen LogP contribution is -2.73. The van der Waals surface area contributed by atoms with Gasteiger partial charge in [-0.25, -0.2) is 9.59 Å². The first-order chi connectivity index (χ1) is 19.6. The average Bonchev–Trinajstić information content (AvgIpc) is 3.74. The second-order valence-electron chi connectivity index (χ2n) is 12.9. The summed E-state index contributed by atoms with van der Waals surface area (Å²) < 4.78 is 29.6. The second kappa shape index (κ2) is 7.98. The van der Waals surface area contributed by atoms with Crippen LogP contribution in [-0.4, -0.2) is 57.3 Å². The van der Waals surface area contributed by atoms with Crippen LogP contribution < -0.4 is 0 Å². The molecule has 214 valence electrons. The molecule has 9 heteroatoms. The van der Waals surface area contributed by atoms with E-state index in [1.807, 2.05) is 39.0 Å². The highest BCUT2D eigenvalue weighted by Gasteiger charge is 2.90. The third kappa shape index (κ3) is 2.95. The van der Waals surface area contributed by atoms with E-state index in [1.54, 1.807) is 18.2 Å². The van der Waals surface area contributed by atoms with Crippen LogP contribution in [-0.2, 0) is 23.7 Å². The van der Waals surface area contributed by atoms with E-state index < -0.39 is 46.4 Å². The number of benzene rings is 1. The zero-order valence-corrected chi connectivity index (χ0v) is 23.1. The molecule has 6 aliphatic rings. The molecule has 2 saturated heterocycles. The average molecular weight is 561 g/mol. The fourth-order valence-corrected chi connectivity index (χ4v) is 8.73. The van der Waals surface area contributed by atoms with Gasteiger partial charge in [-0.05, 0) is 43.2 Å². The number of carbonyl (C=O) groups is 2. The predicted molar refractivity (Wildman–Crippen MR) is 142 cm³/mol. The van der Waals surface area contributed by atoms with Gasteiger partial charge in [0.1, 0.15) is 17.3 Å². The largest absolute Gasteiger partial charge is 0.457 e. The summed E-state index contributed by atoms with van der Waals surface area (Å²) in [6.45, 7) is 6.08. The summed E-state index contributed by atoms with van der Waals surface area (Å²) in [7, 11) is 0. The highest BCUT2D eigenvalue weighted by atomic mass is 16.7. The molecule has 1 spiro atoms. The monoisotopic (exact) mass is 560 g/mol. The molecule has 0 amide bonds. The number of carbonyl (C=O) groups excluding carboxylic acids is 2. The molecule has 2 aromatic rings. The molecule has 4 heterocycles. The summed E-state index contributed by atoms with van der Waals surface area (Å²) in [6, 6.07) is 12.1. The van der Waals surface area contributed by atoms with Crippen LogP contribution in [0.1, 0.15) is 62.6 Å². The quantitative estimate of drug-likeness (QED) is 0.325. The van der Waals surface area contributed by atoms with E-state index in [2.05, 4.69) is 0 Å². The minimum atomic E-state index is -1.40. The fraction of sp³-hybridized carbons (Fsp3) is 0.500. The standard InChI is InChI=1S/C32H32O9/c1-16(2)31-22(40-31)15-30(36)29(3)12-11-18-23(19(29)14-21-32(30,41-21)28(31)35)25(39-26(18)33)24(17-8-5-4-6-9-17)38-27(34)20-10-7-13-37-20/h4-10,13,16,19,21-22,28,35-36H,11-12,14-15H2,1-3H3/b25-24+/t19-,21-,22-,28+,29-,30+,31-,32+/m0/s1. The molecule has 1 aromatic carbocycles. The molecule has 41 heavy (non-hydrogen) atoms. The van der Waals surface area contributed by atoms with Gasteiger partial charge in [-0.1, -0.05) is 51.1 Å². The summed E-state index contributed by atoms with van der Waals surface area (Å²) in [5.41, 5.74) is -2.31. The summed E-state index contributed by atoms with van der Waals surface area (Å²) >= 11 is 0. The predicted octanol–water partition coefficient (Wildman–Crippen LogP) is 3.91. The molecule has 8 rings (SSSR count). The lowest BCUT2D eigenvalue weighted by molar-refractivity contribution is -0.212. The minimum absolute atomic E-state index is 0.0171. The van der Waals surface area contributed by atoms with Crippen LogP contribution >= 0.6 is 0 Å². The van der Waals surface area contributed by atoms with Gasteiger partial charge in [0, 0.05) is 28.5 Å². The molecule has 2 N–H and O–H groups in total. The minimum Gasteiger partial charge on any atom is -0.457 e. The van der Waals surface area contributed by atoms with Gasteiger partial charge in [0.2, 0.25) is 5.76 Å². The van der Waals surface area contributed by atoms with E-state index in [0.717, 1.165) is 0 Å². The highest BCUT2D eigenvalue weighted by Crippen LogP contribution is 2.76. The number of rotatable bonds is 4. The highest BCUT2D eigenvalue weighted by molar-refractivity contribution is 5.98. The van der Waals surface area contributed by atoms with E-state index in [0.29, 0.717) is 42.4 Å². The van der Waals surface area contributed by atoms with Gasteiger partial charge in [0.25, 0.3) is 0 Å². The Bertz CT molecular complexity index is 1540. The molecular formula is C32H32O9. The maximum absolute atomic E-state index is 13.3. The van der Waals surface area contributed by atoms with Crippen molar-refractivity contribution in [2.24, 2.45) is 17.3 Å². The van der Waals surface area contributed by atoms with Crippen molar-refractivity contribution < 1.29 is 43.2 Å². The van der Waals surface area contributed by atoms with E-state index in [-0.39, 0.29) is 35.2 Å². The van der Waals surface area contributed by atoms with Gasteiger partial charge in [-0.3, -0.25) is 0 Å². The Morgan fingerprint density at radius 3 is 2.59 bits per heavy atom. The Balaban J connectivity index is 1.25. The summed E-state index contributed by atoms with van der Waals surface area (Å²) in [6.07, 6.45) is 1.40. The summed E-state index contributed by atoms with van der Waals surface area (Å²) in [5.74, 6) is -1.18. The lowest BCUT2D eigenvalue weighted by atomic mass is 9.44. The molecule has 2 saturated carbocycles. The number of aliphatic hydroxyl groups is 2. The first kappa shape index (κ1) is 25.5. The molecule has 0 radical (unpaired) electrons. The van der Waals surface area contributed by atoms with Crippen molar-refractivity contribution >= 4 is 17.7 Å². The number of aliphatic hydroxyl groups excluding tert-OH is 1. The lowest BCUT2D eigenvalue weighted by Gasteiger charge is -2.59. The van der Waals surface area contributed by atoms with Crippen LogP contribution in [0.4, 0.5) is 0 Å². The third-order valence-corrected chi connectivity index (χ3v) is 11.0. The Labute approximate surface area is 236 Å². The van der Waals surface area contributed by atoms with Gasteiger partial charge in [-0.2, -0.15) is 0 Å². The molecule has 3 aliphatic heterocycles. The van der Waals surface area contributed by atoms with E-state index in [4.69, 9.17) is 23.4 Å². The Hall–Kier alpha value is -3.24. The normalized spacial score (nSPS) is 42.8. The first-order valence-corrected chi connectivity index (χ1v) is 14.4. The summed E-state index contributed by atoms with van der Waals surface area (Å²) in [4.78, 5) is 26.4. The molecule has 0 bridgehead atoms. The van der Waals surface area contributed by atoms with Crippen LogP contribution in [0.2, 0.25) is 0 Å². The van der Waals surface area contributed by atoms with Crippen molar-refractivity contribution in [2.75, 3.05) is 0 Å². The van der Waals surface area contributed by atoms with Crippen molar-refractivity contribution in [1.29, 1.82) is 0 Å². The van der Waals surface area contributed by atoms with E-state index in [9.17, 15) is 19.8 Å². The number of allylic oxidation sites excluding steroid dienone is 1. The van der Waals surface area contributed by atoms with Crippen molar-refractivity contribution in [3.05, 3.63) is 77.0 Å². The second-order valence-corrected chi connectivity index (χ2v) is 12.9. The van der Waals surface area contributed by atoms with Gasteiger partial charge < -0.3 is 33.6 Å². The first-order valence-electron chi connectivity index (χ1n) is 14.4. The van der Waals surface area contributed by atoms with Crippen LogP contribution in [0.25, 0.3) is 5.76 Å². The topological polar surface area (TPSA) is 131 Å². The number of esters is 2. The molecular weight excluding hydrogens is 528 g/mol. The molecule has 8 atom stereocenters. The Morgan fingerprint density at radius 2 is 1.88 bits per heavy atom. The van der Waals surface area contributed by atoms with E-state index >= 15 is 0 Å². The molecule has 3 aliphatic carbocycles. The number of hydrogen-bond donors (Lipinski definition) is 2. The van der Waals surface area contributed by atoms with Crippen molar-refractivity contribution in [1.82, 2.24) is 0 Å². The maximum Gasteiger partial charge on any atom is 0.379 e. The SMILES string of the molecule is CC(C)[C@]12O[C@H]1C[C@]1(O)[C@]3(O[C@H]3C[C@H]3C4=C(CC[C@@]31C)C(=O)O/C4=C(/OC(=O)c1ccco1)c1ccccc1)[C@@H]2O. The zero-order chi connectivity index (χ0) is 28.5. The maximum atomic E-state index is 13.3. The zero-order valence-electron chi connectivity index (χ0n) is 23.1. The Kier molecular flexibility index (Phi) is 4.96. The molecule has 4 fully saturated rings. The van der Waals surface area contributed by atoms with Gasteiger partial charge in [-0.15, -0.1) is 0 Å². The number of furan rings is 1. The van der Waals surface area contributed by atoms with Crippen LogP contribution in [0.5, 0.6) is 0 Å². The molecule has 1 aromatic heterocycles. The van der Waals surface area contributed by atoms with Crippen LogP contribution in [0.15, 0.2) is 70.1 Å². The number of fused-ring (bicyclic) bond motifs is 4. The number of cyclic esters (lactones) is 1. The van der Waals surface area contributed by atoms with Gasteiger partial charge >= 0.3 is 11.9 Å². The number of hydrogen-bond acceptors (Lipinski definition) is 9. The van der Waals surface area contributed by atoms with E-state index in [1.165, 1.54) is 12.3 Å². The smallest absolute Gasteiger partial charge is 0.379 e. The van der Waals surface area contributed by atoms with Gasteiger partial charge in [0.15, 0.2) is 17.1 Å². The van der Waals surface area contributed by atoms with Gasteiger partial charge in [0.05, 0.1) is 18.5 Å². The number of ether oxygens (including phenoxy) is 4.